The molecule has 134 valence electrons. The Kier molecular flexibility index (Phi) is 7.16. The molecule has 0 aliphatic rings. The smallest absolute Gasteiger partial charge is 0.191 e. The van der Waals surface area contributed by atoms with Crippen LogP contribution in [0.2, 0.25) is 0 Å². The fourth-order valence-corrected chi connectivity index (χ4v) is 2.37. The Morgan fingerprint density at radius 1 is 1.24 bits per heavy atom. The average molecular weight is 454 g/mol. The molecule has 3 rings (SSSR count). The van der Waals surface area contributed by atoms with Gasteiger partial charge in [0.15, 0.2) is 17.4 Å². The number of nitrogens with one attached hydrogen (secondary N) is 2. The molecule has 0 atom stereocenters. The average Bonchev–Trinajstić information content (AvgIpc) is 3.19. The monoisotopic (exact) mass is 454 g/mol. The van der Waals surface area contributed by atoms with Crippen molar-refractivity contribution in [3.8, 4) is 0 Å². The van der Waals surface area contributed by atoms with Crippen molar-refractivity contribution in [2.24, 2.45) is 4.99 Å². The second-order valence-electron chi connectivity index (χ2n) is 5.45. The molecule has 0 unspecified atom stereocenters. The van der Waals surface area contributed by atoms with E-state index in [1.165, 1.54) is 0 Å². The van der Waals surface area contributed by atoms with Crippen LogP contribution in [0.4, 0.5) is 0 Å². The van der Waals surface area contributed by atoms with Crippen LogP contribution in [0.25, 0.3) is 5.65 Å². The summed E-state index contributed by atoms with van der Waals surface area (Å²) in [4.78, 5) is 4.58. The Bertz CT molecular complexity index is 822. The van der Waals surface area contributed by atoms with Crippen LogP contribution in [-0.2, 0) is 13.1 Å². The number of hydrogen-bond donors (Lipinski definition) is 2. The van der Waals surface area contributed by atoms with E-state index in [9.17, 15) is 0 Å². The number of aryl methyl sites for hydroxylation is 1. The quantitative estimate of drug-likeness (QED) is 0.336. The van der Waals surface area contributed by atoms with Gasteiger partial charge in [-0.3, -0.25) is 9.08 Å². The lowest BCUT2D eigenvalue weighted by atomic mass is 10.4. The molecule has 0 fully saturated rings. The molecule has 2 N–H and O–H groups in total. The first-order chi connectivity index (χ1) is 11.8. The summed E-state index contributed by atoms with van der Waals surface area (Å²) < 4.78 is 3.86. The van der Waals surface area contributed by atoms with Gasteiger partial charge in [0.05, 0.1) is 12.7 Å². The van der Waals surface area contributed by atoms with Gasteiger partial charge in [-0.2, -0.15) is 5.10 Å². The highest BCUT2D eigenvalue weighted by molar-refractivity contribution is 14.0. The van der Waals surface area contributed by atoms with Gasteiger partial charge in [-0.25, -0.2) is 4.99 Å². The summed E-state index contributed by atoms with van der Waals surface area (Å²) in [6.45, 7) is 6.86. The van der Waals surface area contributed by atoms with E-state index >= 15 is 0 Å². The highest BCUT2D eigenvalue weighted by Crippen LogP contribution is 2.03. The van der Waals surface area contributed by atoms with E-state index in [4.69, 9.17) is 0 Å². The predicted molar refractivity (Wildman–Crippen MR) is 108 cm³/mol. The Labute approximate surface area is 163 Å². The molecule has 0 aromatic carbocycles. The molecule has 0 amide bonds. The van der Waals surface area contributed by atoms with E-state index in [1.807, 2.05) is 59.7 Å². The van der Waals surface area contributed by atoms with Crippen molar-refractivity contribution in [2.75, 3.05) is 13.1 Å². The number of guanidine groups is 1. The van der Waals surface area contributed by atoms with Gasteiger partial charge in [-0.1, -0.05) is 6.07 Å². The second kappa shape index (κ2) is 9.35. The fourth-order valence-electron chi connectivity index (χ4n) is 2.37. The van der Waals surface area contributed by atoms with Gasteiger partial charge in [0, 0.05) is 25.5 Å². The molecular formula is C16H23IN8. The third-order valence-corrected chi connectivity index (χ3v) is 3.50. The van der Waals surface area contributed by atoms with Crippen LogP contribution < -0.4 is 10.6 Å². The Morgan fingerprint density at radius 2 is 2.12 bits per heavy atom. The lowest BCUT2D eigenvalue weighted by Gasteiger charge is -2.11. The summed E-state index contributed by atoms with van der Waals surface area (Å²) >= 11 is 0. The first-order valence-electron chi connectivity index (χ1n) is 8.06. The van der Waals surface area contributed by atoms with Crippen LogP contribution in [0.15, 0.2) is 41.8 Å². The van der Waals surface area contributed by atoms with Crippen LogP contribution in [0, 0.1) is 6.92 Å². The normalized spacial score (nSPS) is 11.4. The number of nitrogens with zero attached hydrogens (tertiary/aromatic N) is 6. The molecule has 0 aliphatic carbocycles. The maximum atomic E-state index is 4.58. The van der Waals surface area contributed by atoms with Crippen LogP contribution in [0.3, 0.4) is 0 Å². The zero-order valence-corrected chi connectivity index (χ0v) is 16.7. The number of aliphatic imine (C=N–C) groups is 1. The predicted octanol–water partition coefficient (Wildman–Crippen LogP) is 1.61. The zero-order valence-electron chi connectivity index (χ0n) is 14.4. The van der Waals surface area contributed by atoms with Crippen LogP contribution in [0.1, 0.15) is 18.3 Å². The molecular weight excluding hydrogens is 431 g/mol. The van der Waals surface area contributed by atoms with Crippen molar-refractivity contribution in [1.29, 1.82) is 0 Å². The van der Waals surface area contributed by atoms with Gasteiger partial charge >= 0.3 is 0 Å². The first-order valence-corrected chi connectivity index (χ1v) is 8.06. The van der Waals surface area contributed by atoms with Crippen molar-refractivity contribution in [1.82, 2.24) is 35.0 Å². The number of hydrogen-bond acceptors (Lipinski definition) is 4. The number of rotatable bonds is 6. The lowest BCUT2D eigenvalue weighted by molar-refractivity contribution is 0.597. The second-order valence-corrected chi connectivity index (χ2v) is 5.45. The molecule has 0 saturated carbocycles. The number of halogens is 1. The molecule has 0 radical (unpaired) electrons. The third-order valence-electron chi connectivity index (χ3n) is 3.50. The summed E-state index contributed by atoms with van der Waals surface area (Å²) in [5.41, 5.74) is 1.99. The lowest BCUT2D eigenvalue weighted by Crippen LogP contribution is -2.39. The van der Waals surface area contributed by atoms with Crippen molar-refractivity contribution in [3.05, 3.63) is 48.2 Å². The van der Waals surface area contributed by atoms with Crippen molar-refractivity contribution in [2.45, 2.75) is 26.9 Å². The molecule has 9 heteroatoms. The van der Waals surface area contributed by atoms with E-state index in [1.54, 1.807) is 0 Å². The molecule has 3 aromatic heterocycles. The van der Waals surface area contributed by atoms with Gasteiger partial charge in [-0.05, 0) is 31.5 Å². The van der Waals surface area contributed by atoms with Gasteiger partial charge < -0.3 is 10.6 Å². The largest absolute Gasteiger partial charge is 0.357 e. The minimum atomic E-state index is 0. The van der Waals surface area contributed by atoms with Crippen molar-refractivity contribution >= 4 is 35.6 Å². The summed E-state index contributed by atoms with van der Waals surface area (Å²) in [5, 5.41) is 19.2. The van der Waals surface area contributed by atoms with E-state index in [-0.39, 0.29) is 24.0 Å². The molecule has 0 aliphatic heterocycles. The first kappa shape index (κ1) is 19.2. The standard InChI is InChI=1S/C16H22N8.HI/c1-3-17-16(18-7-9-23-12-13(2)10-20-23)19-11-15-22-21-14-6-4-5-8-24(14)15;/h4-6,8,10,12H,3,7,9,11H2,1-2H3,(H2,17,18,19);1H. The minimum absolute atomic E-state index is 0. The van der Waals surface area contributed by atoms with Crippen molar-refractivity contribution in [3.63, 3.8) is 0 Å². The molecule has 0 saturated heterocycles. The Morgan fingerprint density at radius 3 is 2.88 bits per heavy atom. The molecule has 0 bridgehead atoms. The maximum absolute atomic E-state index is 4.58. The molecule has 3 heterocycles. The van der Waals surface area contributed by atoms with Crippen LogP contribution in [-0.4, -0.2) is 43.4 Å². The van der Waals surface area contributed by atoms with Gasteiger partial charge in [0.25, 0.3) is 0 Å². The maximum Gasteiger partial charge on any atom is 0.191 e. The Hall–Kier alpha value is -2.17. The van der Waals surface area contributed by atoms with Crippen molar-refractivity contribution < 1.29 is 0 Å². The highest BCUT2D eigenvalue weighted by atomic mass is 127. The van der Waals surface area contributed by atoms with Crippen LogP contribution in [0.5, 0.6) is 0 Å². The summed E-state index contributed by atoms with van der Waals surface area (Å²) in [5.74, 6) is 1.57. The topological polar surface area (TPSA) is 84.4 Å². The number of pyridine rings is 1. The fraction of sp³-hybridized carbons (Fsp3) is 0.375. The zero-order chi connectivity index (χ0) is 16.8. The third kappa shape index (κ3) is 5.15. The molecule has 8 nitrogen and oxygen atoms in total. The van der Waals surface area contributed by atoms with E-state index < -0.39 is 0 Å². The van der Waals surface area contributed by atoms with Crippen LogP contribution >= 0.6 is 24.0 Å². The number of aromatic nitrogens is 5. The van der Waals surface area contributed by atoms with Gasteiger partial charge in [-0.15, -0.1) is 34.2 Å². The van der Waals surface area contributed by atoms with E-state index in [2.05, 4.69) is 30.9 Å². The van der Waals surface area contributed by atoms with Gasteiger partial charge in [0.2, 0.25) is 0 Å². The highest BCUT2D eigenvalue weighted by Gasteiger charge is 2.04. The molecule has 3 aromatic rings. The van der Waals surface area contributed by atoms with E-state index in [0.717, 1.165) is 42.6 Å². The number of fused-ring (bicyclic) bond motifs is 1. The summed E-state index contributed by atoms with van der Waals surface area (Å²) in [6, 6.07) is 5.83. The summed E-state index contributed by atoms with van der Waals surface area (Å²) in [7, 11) is 0. The minimum Gasteiger partial charge on any atom is -0.357 e. The summed E-state index contributed by atoms with van der Waals surface area (Å²) in [6.07, 6.45) is 5.82. The van der Waals surface area contributed by atoms with E-state index in [0.29, 0.717) is 6.54 Å². The SMILES string of the molecule is CCNC(=NCc1nnc2ccccn12)NCCn1cc(C)cn1.I. The molecule has 0 spiro atoms. The van der Waals surface area contributed by atoms with Gasteiger partial charge in [0.1, 0.15) is 6.54 Å². The Balaban J connectivity index is 0.00000225. The molecule has 25 heavy (non-hydrogen) atoms.